The molecule has 0 saturated carbocycles. The van der Waals surface area contributed by atoms with Crippen LogP contribution in [0.3, 0.4) is 0 Å². The van der Waals surface area contributed by atoms with Crippen molar-refractivity contribution in [3.8, 4) is 0 Å². The number of thiazole rings is 1. The second-order valence-electron chi connectivity index (χ2n) is 6.16. The van der Waals surface area contributed by atoms with Gasteiger partial charge in [0.05, 0.1) is 6.54 Å². The van der Waals surface area contributed by atoms with Crippen LogP contribution in [0.1, 0.15) is 15.4 Å². The molecule has 1 aliphatic rings. The minimum absolute atomic E-state index is 0.730. The number of nitrogens with zero attached hydrogens (tertiary/aromatic N) is 4. The van der Waals surface area contributed by atoms with Gasteiger partial charge < -0.3 is 10.2 Å². The minimum atomic E-state index is 0.730. The van der Waals surface area contributed by atoms with Crippen LogP contribution in [0.4, 0.5) is 0 Å². The van der Waals surface area contributed by atoms with Gasteiger partial charge in [0.2, 0.25) is 0 Å². The summed E-state index contributed by atoms with van der Waals surface area (Å²) in [6.07, 6.45) is 1.92. The number of rotatable bonds is 4. The van der Waals surface area contributed by atoms with E-state index in [4.69, 9.17) is 11.6 Å². The smallest absolute Gasteiger partial charge is 0.194 e. The Balaban J connectivity index is 1.48. The predicted molar refractivity (Wildman–Crippen MR) is 105 cm³/mol. The van der Waals surface area contributed by atoms with Crippen molar-refractivity contribution in [2.75, 3.05) is 33.2 Å². The van der Waals surface area contributed by atoms with Gasteiger partial charge in [0.25, 0.3) is 0 Å². The van der Waals surface area contributed by atoms with Gasteiger partial charge in [0.1, 0.15) is 5.01 Å². The van der Waals surface area contributed by atoms with Crippen molar-refractivity contribution < 1.29 is 0 Å². The lowest BCUT2D eigenvalue weighted by Crippen LogP contribution is -2.52. The normalized spacial score (nSPS) is 16.3. The van der Waals surface area contributed by atoms with Gasteiger partial charge in [0.15, 0.2) is 5.96 Å². The van der Waals surface area contributed by atoms with Crippen molar-refractivity contribution >= 4 is 28.9 Å². The van der Waals surface area contributed by atoms with Crippen LogP contribution in [0.5, 0.6) is 0 Å². The van der Waals surface area contributed by atoms with E-state index in [-0.39, 0.29) is 0 Å². The average molecular weight is 378 g/mol. The molecule has 7 heteroatoms. The zero-order valence-electron chi connectivity index (χ0n) is 14.7. The van der Waals surface area contributed by atoms with Crippen LogP contribution in [-0.2, 0) is 13.1 Å². The highest BCUT2D eigenvalue weighted by molar-refractivity contribution is 7.11. The third-order valence-corrected chi connectivity index (χ3v) is 5.39. The van der Waals surface area contributed by atoms with Crippen molar-refractivity contribution in [3.05, 3.63) is 50.9 Å². The zero-order valence-corrected chi connectivity index (χ0v) is 16.3. The molecule has 2 heterocycles. The second kappa shape index (κ2) is 8.65. The number of piperazine rings is 1. The fraction of sp³-hybridized carbons (Fsp3) is 0.444. The Labute approximate surface area is 158 Å². The number of aliphatic imine (C=N–C) groups is 1. The molecule has 1 aromatic heterocycles. The number of halogens is 1. The first-order chi connectivity index (χ1) is 12.1. The van der Waals surface area contributed by atoms with Crippen LogP contribution in [0.15, 0.2) is 35.5 Å². The van der Waals surface area contributed by atoms with Crippen molar-refractivity contribution in [2.24, 2.45) is 4.99 Å². The first-order valence-corrected chi connectivity index (χ1v) is 9.67. The number of nitrogens with one attached hydrogen (secondary N) is 1. The van der Waals surface area contributed by atoms with E-state index in [1.807, 2.05) is 31.4 Å². The number of aryl methyl sites for hydroxylation is 1. The molecule has 0 radical (unpaired) electrons. The fourth-order valence-corrected chi connectivity index (χ4v) is 3.92. The summed E-state index contributed by atoms with van der Waals surface area (Å²) in [5.41, 5.74) is 1.27. The second-order valence-corrected chi connectivity index (χ2v) is 7.91. The Kier molecular flexibility index (Phi) is 6.29. The maximum absolute atomic E-state index is 6.08. The molecule has 0 bridgehead atoms. The van der Waals surface area contributed by atoms with Crippen molar-refractivity contribution in [3.63, 3.8) is 0 Å². The Morgan fingerprint density at radius 1 is 1.32 bits per heavy atom. The van der Waals surface area contributed by atoms with Crippen molar-refractivity contribution in [2.45, 2.75) is 20.0 Å². The summed E-state index contributed by atoms with van der Waals surface area (Å²) in [6.45, 7) is 7.73. The van der Waals surface area contributed by atoms with Gasteiger partial charge in [-0.2, -0.15) is 0 Å². The lowest BCUT2D eigenvalue weighted by atomic mass is 10.2. The largest absolute Gasteiger partial charge is 0.350 e. The number of hydrogen-bond acceptors (Lipinski definition) is 4. The SMILES string of the molecule is CN=C(NCc1ncc(C)s1)N1CCN(Cc2cccc(Cl)c2)CC1. The Bertz CT molecular complexity index is 722. The predicted octanol–water partition coefficient (Wildman–Crippen LogP) is 3.00. The van der Waals surface area contributed by atoms with Crippen LogP contribution >= 0.6 is 22.9 Å². The van der Waals surface area contributed by atoms with E-state index in [2.05, 4.69) is 38.1 Å². The van der Waals surface area contributed by atoms with Crippen LogP contribution in [0, 0.1) is 6.92 Å². The van der Waals surface area contributed by atoms with Crippen molar-refractivity contribution in [1.82, 2.24) is 20.1 Å². The molecule has 134 valence electrons. The fourth-order valence-electron chi connectivity index (χ4n) is 2.98. The van der Waals surface area contributed by atoms with E-state index in [0.717, 1.165) is 55.3 Å². The molecule has 0 amide bonds. The molecule has 2 aromatic rings. The quantitative estimate of drug-likeness (QED) is 0.657. The molecule has 1 N–H and O–H groups in total. The van der Waals surface area contributed by atoms with E-state index in [9.17, 15) is 0 Å². The van der Waals surface area contributed by atoms with Crippen LogP contribution in [-0.4, -0.2) is 54.0 Å². The van der Waals surface area contributed by atoms with Gasteiger partial charge in [-0.05, 0) is 24.6 Å². The topological polar surface area (TPSA) is 43.8 Å². The summed E-state index contributed by atoms with van der Waals surface area (Å²) in [5, 5.41) is 5.33. The standard InChI is InChI=1S/C18H24ClN5S/c1-14-11-21-17(25-14)12-22-18(20-2)24-8-6-23(7-9-24)13-15-4-3-5-16(19)10-15/h3-5,10-11H,6-9,12-13H2,1-2H3,(H,20,22). The Morgan fingerprint density at radius 2 is 2.12 bits per heavy atom. The zero-order chi connectivity index (χ0) is 17.6. The third kappa shape index (κ3) is 5.17. The highest BCUT2D eigenvalue weighted by Crippen LogP contribution is 2.14. The van der Waals surface area contributed by atoms with E-state index in [1.54, 1.807) is 11.3 Å². The molecule has 0 spiro atoms. The van der Waals surface area contributed by atoms with Crippen LogP contribution in [0.25, 0.3) is 0 Å². The molecule has 1 fully saturated rings. The van der Waals surface area contributed by atoms with E-state index < -0.39 is 0 Å². The maximum atomic E-state index is 6.08. The summed E-state index contributed by atoms with van der Waals surface area (Å²) >= 11 is 7.80. The average Bonchev–Trinajstić information content (AvgIpc) is 3.02. The molecule has 0 atom stereocenters. The monoisotopic (exact) mass is 377 g/mol. The van der Waals surface area contributed by atoms with Gasteiger partial charge in [-0.1, -0.05) is 23.7 Å². The summed E-state index contributed by atoms with van der Waals surface area (Å²) in [6, 6.07) is 8.11. The minimum Gasteiger partial charge on any atom is -0.350 e. The summed E-state index contributed by atoms with van der Waals surface area (Å²) in [7, 11) is 1.84. The molecular formula is C18H24ClN5S. The molecule has 25 heavy (non-hydrogen) atoms. The third-order valence-electron chi connectivity index (χ3n) is 4.25. The lowest BCUT2D eigenvalue weighted by Gasteiger charge is -2.36. The van der Waals surface area contributed by atoms with Gasteiger partial charge in [-0.3, -0.25) is 9.89 Å². The molecule has 5 nitrogen and oxygen atoms in total. The summed E-state index contributed by atoms with van der Waals surface area (Å²) in [4.78, 5) is 14.8. The van der Waals surface area contributed by atoms with Gasteiger partial charge in [-0.25, -0.2) is 4.98 Å². The Morgan fingerprint density at radius 3 is 2.76 bits per heavy atom. The molecule has 3 rings (SSSR count). The molecular weight excluding hydrogens is 354 g/mol. The first kappa shape index (κ1) is 18.2. The molecule has 1 aromatic carbocycles. The lowest BCUT2D eigenvalue weighted by molar-refractivity contribution is 0.172. The molecule has 0 aliphatic carbocycles. The van der Waals surface area contributed by atoms with Crippen molar-refractivity contribution in [1.29, 1.82) is 0 Å². The van der Waals surface area contributed by atoms with Gasteiger partial charge in [-0.15, -0.1) is 11.3 Å². The molecule has 0 unspecified atom stereocenters. The number of guanidine groups is 1. The number of benzene rings is 1. The highest BCUT2D eigenvalue weighted by Gasteiger charge is 2.19. The number of aromatic nitrogens is 1. The summed E-state index contributed by atoms with van der Waals surface area (Å²) in [5.74, 6) is 0.954. The van der Waals surface area contributed by atoms with Gasteiger partial charge >= 0.3 is 0 Å². The maximum Gasteiger partial charge on any atom is 0.194 e. The Hall–Kier alpha value is -1.63. The van der Waals surface area contributed by atoms with E-state index in [0.29, 0.717) is 0 Å². The first-order valence-electron chi connectivity index (χ1n) is 8.48. The van der Waals surface area contributed by atoms with Crippen LogP contribution < -0.4 is 5.32 Å². The van der Waals surface area contributed by atoms with E-state index >= 15 is 0 Å². The number of hydrogen-bond donors (Lipinski definition) is 1. The van der Waals surface area contributed by atoms with Gasteiger partial charge in [0, 0.05) is 55.9 Å². The molecule has 1 aliphatic heterocycles. The van der Waals surface area contributed by atoms with E-state index in [1.165, 1.54) is 10.4 Å². The highest BCUT2D eigenvalue weighted by atomic mass is 35.5. The molecule has 1 saturated heterocycles. The van der Waals surface area contributed by atoms with Crippen LogP contribution in [0.2, 0.25) is 5.02 Å². The summed E-state index contributed by atoms with van der Waals surface area (Å²) < 4.78 is 0.